The fraction of sp³-hybridized carbons (Fsp3) is 0.174. The van der Waals surface area contributed by atoms with Gasteiger partial charge in [0.15, 0.2) is 0 Å². The minimum absolute atomic E-state index is 0.217. The molecule has 150 valence electrons. The summed E-state index contributed by atoms with van der Waals surface area (Å²) in [5.41, 5.74) is 2.68. The minimum atomic E-state index is -0.474. The molecule has 4 aromatic rings. The van der Waals surface area contributed by atoms with Gasteiger partial charge in [-0.3, -0.25) is 14.7 Å². The van der Waals surface area contributed by atoms with E-state index in [4.69, 9.17) is 0 Å². The van der Waals surface area contributed by atoms with Crippen molar-refractivity contribution in [1.82, 2.24) is 19.4 Å². The third-order valence-corrected chi connectivity index (χ3v) is 5.30. The van der Waals surface area contributed by atoms with Crippen LogP contribution in [-0.2, 0) is 6.54 Å². The number of hydrogen-bond acceptors (Lipinski definition) is 5. The number of hydrogen-bond donors (Lipinski definition) is 1. The molecule has 1 aliphatic rings. The van der Waals surface area contributed by atoms with E-state index in [9.17, 15) is 9.18 Å². The van der Waals surface area contributed by atoms with E-state index in [0.717, 1.165) is 25.3 Å². The zero-order valence-electron chi connectivity index (χ0n) is 16.3. The van der Waals surface area contributed by atoms with Crippen LogP contribution in [-0.4, -0.2) is 32.5 Å². The number of benzene rings is 2. The second-order valence-electron chi connectivity index (χ2n) is 7.40. The van der Waals surface area contributed by atoms with Gasteiger partial charge in [-0.05, 0) is 67.5 Å². The maximum Gasteiger partial charge on any atom is 0.267 e. The Morgan fingerprint density at radius 2 is 1.90 bits per heavy atom. The number of anilines is 2. The van der Waals surface area contributed by atoms with E-state index in [1.165, 1.54) is 34.8 Å². The quantitative estimate of drug-likeness (QED) is 0.550. The molecule has 0 unspecified atom stereocenters. The number of nitrogens with zero attached hydrogens (tertiary/aromatic N) is 4. The van der Waals surface area contributed by atoms with E-state index in [1.54, 1.807) is 24.5 Å². The van der Waals surface area contributed by atoms with Crippen LogP contribution in [0.15, 0.2) is 71.8 Å². The van der Waals surface area contributed by atoms with E-state index < -0.39 is 5.82 Å². The molecule has 6 nitrogen and oxygen atoms in total. The van der Waals surface area contributed by atoms with E-state index >= 15 is 0 Å². The maximum absolute atomic E-state index is 13.7. The van der Waals surface area contributed by atoms with Crippen molar-refractivity contribution >= 4 is 22.5 Å². The van der Waals surface area contributed by atoms with E-state index in [0.29, 0.717) is 17.2 Å². The van der Waals surface area contributed by atoms with Crippen molar-refractivity contribution in [3.05, 3.63) is 88.7 Å². The summed E-state index contributed by atoms with van der Waals surface area (Å²) in [5.74, 6) is -0.125. The van der Waals surface area contributed by atoms with Crippen molar-refractivity contribution in [3.8, 4) is 5.69 Å². The van der Waals surface area contributed by atoms with Gasteiger partial charge in [0.2, 0.25) is 5.95 Å². The normalized spacial score (nSPS) is 13.9. The van der Waals surface area contributed by atoms with Gasteiger partial charge in [-0.25, -0.2) is 13.9 Å². The molecule has 0 spiro atoms. The molecule has 1 saturated heterocycles. The van der Waals surface area contributed by atoms with Gasteiger partial charge in [0.05, 0.1) is 22.8 Å². The number of nitrogens with one attached hydrogen (secondary N) is 1. The maximum atomic E-state index is 13.7. The topological polar surface area (TPSA) is 63.1 Å². The molecule has 2 aromatic carbocycles. The van der Waals surface area contributed by atoms with E-state index in [1.807, 2.05) is 12.1 Å². The minimum Gasteiger partial charge on any atom is -0.325 e. The molecule has 3 heterocycles. The predicted molar refractivity (Wildman–Crippen MR) is 115 cm³/mol. The van der Waals surface area contributed by atoms with Gasteiger partial charge in [-0.15, -0.1) is 0 Å². The van der Waals surface area contributed by atoms with Crippen molar-refractivity contribution in [2.75, 3.05) is 18.4 Å². The first-order valence-electron chi connectivity index (χ1n) is 9.88. The molecule has 5 rings (SSSR count). The van der Waals surface area contributed by atoms with Crippen molar-refractivity contribution in [1.29, 1.82) is 0 Å². The van der Waals surface area contributed by atoms with Crippen molar-refractivity contribution in [2.24, 2.45) is 0 Å². The molecule has 0 bridgehead atoms. The highest BCUT2D eigenvalue weighted by molar-refractivity contribution is 5.80. The highest BCUT2D eigenvalue weighted by Crippen LogP contribution is 2.21. The van der Waals surface area contributed by atoms with Crippen molar-refractivity contribution < 1.29 is 4.39 Å². The molecule has 30 heavy (non-hydrogen) atoms. The Bertz CT molecular complexity index is 1250. The Morgan fingerprint density at radius 3 is 2.60 bits per heavy atom. The fourth-order valence-electron chi connectivity index (χ4n) is 3.59. The molecular weight excluding hydrogens is 381 g/mol. The Kier molecular flexibility index (Phi) is 4.72. The fourth-order valence-corrected chi connectivity index (χ4v) is 3.59. The summed E-state index contributed by atoms with van der Waals surface area (Å²) >= 11 is 0. The molecule has 0 amide bonds. The lowest BCUT2D eigenvalue weighted by Gasteiger charge is -2.30. The summed E-state index contributed by atoms with van der Waals surface area (Å²) < 4.78 is 15.2. The average molecular weight is 401 g/mol. The van der Waals surface area contributed by atoms with Gasteiger partial charge in [0.1, 0.15) is 5.82 Å². The van der Waals surface area contributed by atoms with Crippen LogP contribution < -0.4 is 10.9 Å². The molecule has 1 aliphatic heterocycles. The predicted octanol–water partition coefficient (Wildman–Crippen LogP) is 3.87. The third kappa shape index (κ3) is 3.55. The Labute approximate surface area is 172 Å². The lowest BCUT2D eigenvalue weighted by molar-refractivity contribution is 0.172. The average Bonchev–Trinajstić information content (AvgIpc) is 2.73. The molecule has 0 atom stereocenters. The molecule has 1 N–H and O–H groups in total. The summed E-state index contributed by atoms with van der Waals surface area (Å²) in [6, 6.07) is 15.6. The number of aromatic nitrogens is 3. The molecule has 2 aromatic heterocycles. The molecule has 7 heteroatoms. The monoisotopic (exact) mass is 401 g/mol. The lowest BCUT2D eigenvalue weighted by Crippen LogP contribution is -2.36. The van der Waals surface area contributed by atoms with Gasteiger partial charge in [0.25, 0.3) is 5.56 Å². The SMILES string of the molecule is O=c1c2cc(F)ccc2nc(Nc2ccc(CN3CCC3)cc2)n1-c1cccnc1. The summed E-state index contributed by atoms with van der Waals surface area (Å²) in [7, 11) is 0. The highest BCUT2D eigenvalue weighted by Gasteiger charge is 2.15. The second-order valence-corrected chi connectivity index (χ2v) is 7.40. The number of pyridine rings is 1. The highest BCUT2D eigenvalue weighted by atomic mass is 19.1. The molecule has 0 aliphatic carbocycles. The first kappa shape index (κ1) is 18.4. The van der Waals surface area contributed by atoms with Gasteiger partial charge >= 0.3 is 0 Å². The van der Waals surface area contributed by atoms with E-state index in [-0.39, 0.29) is 10.9 Å². The van der Waals surface area contributed by atoms with Crippen LogP contribution in [0.25, 0.3) is 16.6 Å². The second kappa shape index (κ2) is 7.68. The van der Waals surface area contributed by atoms with Gasteiger partial charge in [-0.2, -0.15) is 0 Å². The standard InChI is InChI=1S/C23H20FN5O/c24-17-6-9-21-20(13-17)22(30)29(19-3-1-10-25-14-19)23(27-21)26-18-7-4-16(5-8-18)15-28-11-2-12-28/h1,3-10,13-14H,2,11-12,15H2,(H,26,27). The first-order valence-corrected chi connectivity index (χ1v) is 9.88. The number of fused-ring (bicyclic) bond motifs is 1. The first-order chi connectivity index (χ1) is 14.7. The number of rotatable bonds is 5. The van der Waals surface area contributed by atoms with E-state index in [2.05, 4.69) is 32.3 Å². The third-order valence-electron chi connectivity index (χ3n) is 5.30. The largest absolute Gasteiger partial charge is 0.325 e. The van der Waals surface area contributed by atoms with Crippen LogP contribution in [0.4, 0.5) is 16.0 Å². The summed E-state index contributed by atoms with van der Waals surface area (Å²) in [4.78, 5) is 24.3. The van der Waals surface area contributed by atoms with Crippen molar-refractivity contribution in [3.63, 3.8) is 0 Å². The van der Waals surface area contributed by atoms with Crippen LogP contribution in [0.3, 0.4) is 0 Å². The Morgan fingerprint density at radius 1 is 1.07 bits per heavy atom. The Hall–Kier alpha value is -3.58. The molecule has 0 saturated carbocycles. The van der Waals surface area contributed by atoms with Gasteiger partial charge in [0, 0.05) is 18.4 Å². The smallest absolute Gasteiger partial charge is 0.267 e. The van der Waals surface area contributed by atoms with Crippen LogP contribution in [0.2, 0.25) is 0 Å². The van der Waals surface area contributed by atoms with Crippen LogP contribution in [0.1, 0.15) is 12.0 Å². The molecule has 0 radical (unpaired) electrons. The van der Waals surface area contributed by atoms with Crippen LogP contribution in [0.5, 0.6) is 0 Å². The van der Waals surface area contributed by atoms with Crippen molar-refractivity contribution in [2.45, 2.75) is 13.0 Å². The Balaban J connectivity index is 1.55. The van der Waals surface area contributed by atoms with Crippen LogP contribution in [0, 0.1) is 5.82 Å². The zero-order valence-corrected chi connectivity index (χ0v) is 16.3. The molecule has 1 fully saturated rings. The summed E-state index contributed by atoms with van der Waals surface area (Å²) in [5, 5.41) is 3.46. The number of halogens is 1. The van der Waals surface area contributed by atoms with Gasteiger partial charge < -0.3 is 5.32 Å². The number of likely N-dealkylation sites (tertiary alicyclic amines) is 1. The van der Waals surface area contributed by atoms with Crippen LogP contribution >= 0.6 is 0 Å². The summed E-state index contributed by atoms with van der Waals surface area (Å²) in [6.07, 6.45) is 4.48. The molecular formula is C23H20FN5O. The zero-order chi connectivity index (χ0) is 20.5. The van der Waals surface area contributed by atoms with Gasteiger partial charge in [-0.1, -0.05) is 12.1 Å². The summed E-state index contributed by atoms with van der Waals surface area (Å²) in [6.45, 7) is 3.25. The lowest BCUT2D eigenvalue weighted by atomic mass is 10.1.